The molecule has 5 nitrogen and oxygen atoms in total. The fraction of sp³-hybridized carbons (Fsp3) is 0.375. The van der Waals surface area contributed by atoms with Crippen molar-refractivity contribution in [2.45, 2.75) is 32.7 Å². The largest absolute Gasteiger partial charge is 0.396 e. The molecule has 0 spiro atoms. The van der Waals surface area contributed by atoms with Crippen LogP contribution < -0.4 is 5.32 Å². The number of hydrogen-bond acceptors (Lipinski definition) is 3. The summed E-state index contributed by atoms with van der Waals surface area (Å²) in [6, 6.07) is 7.62. The van der Waals surface area contributed by atoms with E-state index in [0.29, 0.717) is 12.1 Å². The first-order chi connectivity index (χ1) is 10.5. The van der Waals surface area contributed by atoms with Crippen LogP contribution in [0, 0.1) is 12.7 Å². The molecule has 0 bridgehead atoms. The molecule has 0 aliphatic heterocycles. The molecule has 0 aliphatic rings. The van der Waals surface area contributed by atoms with Crippen LogP contribution in [0.15, 0.2) is 30.3 Å². The summed E-state index contributed by atoms with van der Waals surface area (Å²) >= 11 is 0. The third kappa shape index (κ3) is 3.71. The molecule has 1 amide bonds. The lowest BCUT2D eigenvalue weighted by molar-refractivity contribution is 0.0923. The first-order valence-electron chi connectivity index (χ1n) is 7.29. The van der Waals surface area contributed by atoms with Gasteiger partial charge in [-0.1, -0.05) is 13.0 Å². The van der Waals surface area contributed by atoms with Crippen LogP contribution in [-0.4, -0.2) is 33.4 Å². The molecule has 1 heterocycles. The lowest BCUT2D eigenvalue weighted by Gasteiger charge is -2.14. The van der Waals surface area contributed by atoms with Gasteiger partial charge in [-0.25, -0.2) is 9.07 Å². The van der Waals surface area contributed by atoms with Gasteiger partial charge in [-0.3, -0.25) is 4.79 Å². The number of aromatic nitrogens is 2. The van der Waals surface area contributed by atoms with Crippen molar-refractivity contribution >= 4 is 5.91 Å². The van der Waals surface area contributed by atoms with Crippen molar-refractivity contribution in [3.05, 3.63) is 47.5 Å². The molecular weight excluding hydrogens is 285 g/mol. The number of nitrogens with one attached hydrogen (secondary N) is 1. The van der Waals surface area contributed by atoms with Crippen LogP contribution >= 0.6 is 0 Å². The minimum Gasteiger partial charge on any atom is -0.396 e. The van der Waals surface area contributed by atoms with Crippen LogP contribution in [0.3, 0.4) is 0 Å². The molecule has 1 unspecified atom stereocenters. The average Bonchev–Trinajstić information content (AvgIpc) is 2.89. The Morgan fingerprint density at radius 2 is 2.23 bits per heavy atom. The van der Waals surface area contributed by atoms with Crippen LogP contribution in [0.1, 0.15) is 35.9 Å². The average molecular weight is 305 g/mol. The monoisotopic (exact) mass is 305 g/mol. The zero-order valence-electron chi connectivity index (χ0n) is 12.7. The first-order valence-corrected chi connectivity index (χ1v) is 7.29. The summed E-state index contributed by atoms with van der Waals surface area (Å²) in [5.74, 6) is -0.647. The maximum atomic E-state index is 13.3. The summed E-state index contributed by atoms with van der Waals surface area (Å²) in [5, 5.41) is 16.1. The SMILES string of the molecule is CCC(CCO)NC(=O)c1cc(C)n(-c2cccc(F)c2)n1. The van der Waals surface area contributed by atoms with Crippen LogP contribution in [0.25, 0.3) is 5.69 Å². The Morgan fingerprint density at radius 1 is 1.45 bits per heavy atom. The van der Waals surface area contributed by atoms with Crippen molar-refractivity contribution in [2.75, 3.05) is 6.61 Å². The summed E-state index contributed by atoms with van der Waals surface area (Å²) in [5.41, 5.74) is 1.59. The highest BCUT2D eigenvalue weighted by atomic mass is 19.1. The number of halogens is 1. The van der Waals surface area contributed by atoms with Gasteiger partial charge >= 0.3 is 0 Å². The van der Waals surface area contributed by atoms with Crippen LogP contribution in [-0.2, 0) is 0 Å². The number of carbonyl (C=O) groups excluding carboxylic acids is 1. The maximum Gasteiger partial charge on any atom is 0.272 e. The molecular formula is C16H20FN3O2. The summed E-state index contributed by atoms with van der Waals surface area (Å²) in [6.45, 7) is 3.77. The Morgan fingerprint density at radius 3 is 2.86 bits per heavy atom. The van der Waals surface area contributed by atoms with Crippen LogP contribution in [0.2, 0.25) is 0 Å². The number of rotatable bonds is 6. The fourth-order valence-corrected chi connectivity index (χ4v) is 2.25. The summed E-state index contributed by atoms with van der Waals surface area (Å²) in [6.07, 6.45) is 1.24. The second-order valence-electron chi connectivity index (χ2n) is 5.15. The third-order valence-electron chi connectivity index (χ3n) is 3.48. The fourth-order valence-electron chi connectivity index (χ4n) is 2.25. The molecule has 2 N–H and O–H groups in total. The smallest absolute Gasteiger partial charge is 0.272 e. The van der Waals surface area contributed by atoms with E-state index in [-0.39, 0.29) is 30.1 Å². The third-order valence-corrected chi connectivity index (χ3v) is 3.48. The van der Waals surface area contributed by atoms with E-state index in [2.05, 4.69) is 10.4 Å². The highest BCUT2D eigenvalue weighted by molar-refractivity contribution is 5.92. The number of carbonyl (C=O) groups is 1. The van der Waals surface area contributed by atoms with Crippen molar-refractivity contribution in [2.24, 2.45) is 0 Å². The van der Waals surface area contributed by atoms with E-state index >= 15 is 0 Å². The Kier molecular flexibility index (Phi) is 5.27. The predicted octanol–water partition coefficient (Wildman–Crippen LogP) is 2.21. The van der Waals surface area contributed by atoms with Gasteiger partial charge in [-0.2, -0.15) is 5.10 Å². The molecule has 0 radical (unpaired) electrons. The van der Waals surface area contributed by atoms with Gasteiger partial charge in [0.1, 0.15) is 5.82 Å². The highest BCUT2D eigenvalue weighted by Gasteiger charge is 2.16. The molecule has 0 saturated carbocycles. The first kappa shape index (κ1) is 16.2. The molecule has 0 fully saturated rings. The van der Waals surface area contributed by atoms with Crippen molar-refractivity contribution < 1.29 is 14.3 Å². The highest BCUT2D eigenvalue weighted by Crippen LogP contribution is 2.13. The molecule has 1 aromatic heterocycles. The van der Waals surface area contributed by atoms with Gasteiger partial charge in [0.15, 0.2) is 5.69 Å². The van der Waals surface area contributed by atoms with E-state index in [4.69, 9.17) is 5.11 Å². The predicted molar refractivity (Wildman–Crippen MR) is 81.5 cm³/mol. The summed E-state index contributed by atoms with van der Waals surface area (Å²) in [7, 11) is 0. The Balaban J connectivity index is 2.20. The van der Waals surface area contributed by atoms with Crippen molar-refractivity contribution in [1.29, 1.82) is 0 Å². The number of aliphatic hydroxyl groups is 1. The van der Waals surface area contributed by atoms with E-state index in [1.165, 1.54) is 16.8 Å². The van der Waals surface area contributed by atoms with E-state index in [1.807, 2.05) is 6.92 Å². The molecule has 0 saturated heterocycles. The number of benzene rings is 1. The molecule has 2 aromatic rings. The van der Waals surface area contributed by atoms with Crippen LogP contribution in [0.4, 0.5) is 4.39 Å². The van der Waals surface area contributed by atoms with Gasteiger partial charge in [-0.05, 0) is 44.0 Å². The van der Waals surface area contributed by atoms with Gasteiger partial charge in [0.05, 0.1) is 5.69 Å². The standard InChI is InChI=1S/C16H20FN3O2/c1-3-13(7-8-21)18-16(22)15-9-11(2)20(19-15)14-6-4-5-12(17)10-14/h4-6,9-10,13,21H,3,7-8H2,1-2H3,(H,18,22). The van der Waals surface area contributed by atoms with E-state index < -0.39 is 0 Å². The molecule has 6 heteroatoms. The Labute approximate surface area is 128 Å². The maximum absolute atomic E-state index is 13.3. The lowest BCUT2D eigenvalue weighted by atomic mass is 10.1. The summed E-state index contributed by atoms with van der Waals surface area (Å²) in [4.78, 5) is 12.2. The van der Waals surface area contributed by atoms with Gasteiger partial charge in [0, 0.05) is 18.3 Å². The van der Waals surface area contributed by atoms with Gasteiger partial charge < -0.3 is 10.4 Å². The number of aryl methyl sites for hydroxylation is 1. The zero-order valence-corrected chi connectivity index (χ0v) is 12.7. The van der Waals surface area contributed by atoms with E-state index in [1.54, 1.807) is 25.1 Å². The summed E-state index contributed by atoms with van der Waals surface area (Å²) < 4.78 is 14.8. The zero-order chi connectivity index (χ0) is 16.1. The van der Waals surface area contributed by atoms with Crippen molar-refractivity contribution in [3.8, 4) is 5.69 Å². The number of aliphatic hydroxyl groups excluding tert-OH is 1. The minimum atomic E-state index is -0.354. The topological polar surface area (TPSA) is 67.2 Å². The van der Waals surface area contributed by atoms with E-state index in [0.717, 1.165) is 12.1 Å². The van der Waals surface area contributed by atoms with Gasteiger partial charge in [0.25, 0.3) is 5.91 Å². The minimum absolute atomic E-state index is 0.0234. The van der Waals surface area contributed by atoms with Crippen molar-refractivity contribution in [1.82, 2.24) is 15.1 Å². The van der Waals surface area contributed by atoms with Crippen LogP contribution in [0.5, 0.6) is 0 Å². The van der Waals surface area contributed by atoms with Crippen molar-refractivity contribution in [3.63, 3.8) is 0 Å². The number of amides is 1. The number of nitrogens with zero attached hydrogens (tertiary/aromatic N) is 2. The Hall–Kier alpha value is -2.21. The van der Waals surface area contributed by atoms with Gasteiger partial charge in [0.2, 0.25) is 0 Å². The molecule has 118 valence electrons. The van der Waals surface area contributed by atoms with Gasteiger partial charge in [-0.15, -0.1) is 0 Å². The molecule has 2 rings (SSSR count). The Bertz CT molecular complexity index is 655. The molecule has 0 aliphatic carbocycles. The second kappa shape index (κ2) is 7.17. The molecule has 22 heavy (non-hydrogen) atoms. The number of hydrogen-bond donors (Lipinski definition) is 2. The quantitative estimate of drug-likeness (QED) is 0.860. The molecule has 1 aromatic carbocycles. The van der Waals surface area contributed by atoms with E-state index in [9.17, 15) is 9.18 Å². The molecule has 1 atom stereocenters. The second-order valence-corrected chi connectivity index (χ2v) is 5.15. The normalized spacial score (nSPS) is 12.2. The lowest BCUT2D eigenvalue weighted by Crippen LogP contribution is -2.35.